The van der Waals surface area contributed by atoms with Gasteiger partial charge in [-0.25, -0.2) is 4.79 Å². The minimum atomic E-state index is -0.911. The Balaban J connectivity index is 1.63. The van der Waals surface area contributed by atoms with Gasteiger partial charge in [-0.1, -0.05) is 72.8 Å². The lowest BCUT2D eigenvalue weighted by molar-refractivity contribution is -0.143. The first-order valence-corrected chi connectivity index (χ1v) is 11.1. The number of hydrogen-bond acceptors (Lipinski definition) is 5. The van der Waals surface area contributed by atoms with E-state index in [4.69, 9.17) is 9.47 Å². The summed E-state index contributed by atoms with van der Waals surface area (Å²) in [5.74, 6) is -0.466. The van der Waals surface area contributed by atoms with Gasteiger partial charge >= 0.3 is 6.09 Å². The van der Waals surface area contributed by atoms with Crippen LogP contribution in [0.5, 0.6) is 0 Å². The van der Waals surface area contributed by atoms with Crippen molar-refractivity contribution in [3.05, 3.63) is 83.9 Å². The highest BCUT2D eigenvalue weighted by atomic mass is 16.6. The van der Waals surface area contributed by atoms with Crippen LogP contribution in [0.4, 0.5) is 4.79 Å². The van der Waals surface area contributed by atoms with Crippen molar-refractivity contribution in [2.45, 2.75) is 49.6 Å². The number of nitrogens with zero attached hydrogens (tertiary/aromatic N) is 2. The van der Waals surface area contributed by atoms with E-state index in [0.717, 1.165) is 11.1 Å². The fraction of sp³-hybridized carbons (Fsp3) is 0.346. The van der Waals surface area contributed by atoms with E-state index in [0.29, 0.717) is 0 Å². The first-order valence-electron chi connectivity index (χ1n) is 11.1. The highest BCUT2D eigenvalue weighted by Crippen LogP contribution is 2.48. The van der Waals surface area contributed by atoms with Gasteiger partial charge in [-0.05, 0) is 18.1 Å². The molecule has 33 heavy (non-hydrogen) atoms. The molecular weight excluding hydrogens is 420 g/mol. The second-order valence-electron chi connectivity index (χ2n) is 8.82. The molecule has 2 heterocycles. The van der Waals surface area contributed by atoms with E-state index in [1.807, 2.05) is 73.7 Å². The molecule has 0 bridgehead atoms. The molecule has 0 radical (unpaired) electrons. The van der Waals surface area contributed by atoms with E-state index in [1.54, 1.807) is 18.1 Å². The van der Waals surface area contributed by atoms with Crippen LogP contribution in [0.2, 0.25) is 0 Å². The van der Waals surface area contributed by atoms with Gasteiger partial charge in [0.1, 0.15) is 11.6 Å². The molecule has 2 aromatic rings. The maximum Gasteiger partial charge on any atom is 0.411 e. The van der Waals surface area contributed by atoms with Gasteiger partial charge in [0.2, 0.25) is 11.8 Å². The zero-order valence-corrected chi connectivity index (χ0v) is 18.6. The Morgan fingerprint density at radius 2 is 1.48 bits per heavy atom. The van der Waals surface area contributed by atoms with E-state index in [1.165, 1.54) is 4.90 Å². The van der Waals surface area contributed by atoms with E-state index in [2.05, 4.69) is 0 Å². The summed E-state index contributed by atoms with van der Waals surface area (Å²) in [6.07, 6.45) is 2.96. The third kappa shape index (κ3) is 3.43. The van der Waals surface area contributed by atoms with Gasteiger partial charge < -0.3 is 9.47 Å². The highest BCUT2D eigenvalue weighted by molar-refractivity contribution is 6.02. The fourth-order valence-corrected chi connectivity index (χ4v) is 5.27. The number of imide groups is 1. The molecule has 7 heteroatoms. The molecule has 2 aliphatic heterocycles. The molecule has 0 N–H and O–H groups in total. The summed E-state index contributed by atoms with van der Waals surface area (Å²) in [5, 5.41) is 0. The molecule has 0 spiro atoms. The van der Waals surface area contributed by atoms with Gasteiger partial charge in [0.15, 0.2) is 6.10 Å². The van der Waals surface area contributed by atoms with Gasteiger partial charge in [-0.15, -0.1) is 0 Å². The number of amides is 3. The number of cyclic esters (lactones) is 1. The van der Waals surface area contributed by atoms with Crippen molar-refractivity contribution in [2.24, 2.45) is 0 Å². The largest absolute Gasteiger partial charge is 0.439 e. The molecule has 2 saturated heterocycles. The number of benzene rings is 2. The van der Waals surface area contributed by atoms with Gasteiger partial charge in [0, 0.05) is 20.0 Å². The van der Waals surface area contributed by atoms with E-state index in [-0.39, 0.29) is 24.7 Å². The molecule has 0 aromatic heterocycles. The quantitative estimate of drug-likeness (QED) is 0.516. The van der Waals surface area contributed by atoms with Crippen LogP contribution in [0.25, 0.3) is 0 Å². The molecule has 7 nitrogen and oxygen atoms in total. The maximum absolute atomic E-state index is 13.5. The summed E-state index contributed by atoms with van der Waals surface area (Å²) >= 11 is 0. The Hall–Kier alpha value is -3.45. The standard InChI is InChI=1S/C26H26N2O5/c1-26(32-2)16-15-19(27-20(29)13-14-21(27)30)24(26)28-22(17-9-5-3-6-10-17)23(33-25(28)31)18-11-7-4-8-12-18/h3-12,15-16,19,22-24H,13-14H2,1-2H3/t19-,22+,23-,24+,26+/m0/s1. The summed E-state index contributed by atoms with van der Waals surface area (Å²) in [6, 6.07) is 17.6. The number of carbonyl (C=O) groups excluding carboxylic acids is 3. The predicted octanol–water partition coefficient (Wildman–Crippen LogP) is 3.78. The Morgan fingerprint density at radius 1 is 0.909 bits per heavy atom. The van der Waals surface area contributed by atoms with E-state index in [9.17, 15) is 14.4 Å². The van der Waals surface area contributed by atoms with Crippen LogP contribution in [0.1, 0.15) is 43.0 Å². The zero-order chi connectivity index (χ0) is 23.2. The lowest BCUT2D eigenvalue weighted by atomic mass is 9.89. The van der Waals surface area contributed by atoms with Gasteiger partial charge in [-0.3, -0.25) is 19.4 Å². The number of likely N-dealkylation sites (tertiary alicyclic amines) is 1. The lowest BCUT2D eigenvalue weighted by Crippen LogP contribution is -2.60. The smallest absolute Gasteiger partial charge is 0.411 e. The molecule has 0 saturated carbocycles. The SMILES string of the molecule is CO[C@]1(C)C=C[C@H](N2C(=O)CCC2=O)[C@H]1N1C(=O)O[C@@H](c2ccccc2)[C@H]1c1ccccc1. The van der Waals surface area contributed by atoms with Crippen molar-refractivity contribution >= 4 is 17.9 Å². The second-order valence-corrected chi connectivity index (χ2v) is 8.82. The topological polar surface area (TPSA) is 76.2 Å². The second kappa shape index (κ2) is 8.15. The van der Waals surface area contributed by atoms with Crippen molar-refractivity contribution in [3.63, 3.8) is 0 Å². The first-order chi connectivity index (χ1) is 15.9. The van der Waals surface area contributed by atoms with Crippen molar-refractivity contribution < 1.29 is 23.9 Å². The molecule has 5 rings (SSSR count). The van der Waals surface area contributed by atoms with Crippen LogP contribution < -0.4 is 0 Å². The normalized spacial score (nSPS) is 31.5. The van der Waals surface area contributed by atoms with Gasteiger partial charge in [-0.2, -0.15) is 0 Å². The summed E-state index contributed by atoms with van der Waals surface area (Å²) in [5.41, 5.74) is 0.864. The fourth-order valence-electron chi connectivity index (χ4n) is 5.27. The Morgan fingerprint density at radius 3 is 2.06 bits per heavy atom. The molecule has 2 aromatic carbocycles. The molecule has 0 unspecified atom stereocenters. The minimum Gasteiger partial charge on any atom is -0.439 e. The maximum atomic E-state index is 13.5. The summed E-state index contributed by atoms with van der Waals surface area (Å²) in [7, 11) is 1.57. The van der Waals surface area contributed by atoms with Gasteiger partial charge in [0.25, 0.3) is 0 Å². The van der Waals surface area contributed by atoms with Crippen molar-refractivity contribution in [3.8, 4) is 0 Å². The monoisotopic (exact) mass is 446 g/mol. The first kappa shape index (κ1) is 21.4. The molecule has 2 fully saturated rings. The molecular formula is C26H26N2O5. The predicted molar refractivity (Wildman–Crippen MR) is 120 cm³/mol. The van der Waals surface area contributed by atoms with E-state index < -0.39 is 35.9 Å². The number of carbonyl (C=O) groups is 3. The van der Waals surface area contributed by atoms with Crippen LogP contribution in [0.3, 0.4) is 0 Å². The van der Waals surface area contributed by atoms with Crippen molar-refractivity contribution in [2.75, 3.05) is 7.11 Å². The third-order valence-electron chi connectivity index (χ3n) is 6.96. The number of hydrogen-bond donors (Lipinski definition) is 0. The van der Waals surface area contributed by atoms with Crippen LogP contribution in [0.15, 0.2) is 72.8 Å². The average Bonchev–Trinajstić information content (AvgIpc) is 3.47. The number of ether oxygens (including phenoxy) is 2. The van der Waals surface area contributed by atoms with Crippen LogP contribution in [-0.4, -0.2) is 52.5 Å². The molecule has 5 atom stereocenters. The number of rotatable bonds is 5. The Bertz CT molecular complexity index is 1090. The number of methoxy groups -OCH3 is 1. The zero-order valence-electron chi connectivity index (χ0n) is 18.6. The lowest BCUT2D eigenvalue weighted by Gasteiger charge is -2.43. The van der Waals surface area contributed by atoms with Gasteiger partial charge in [0.05, 0.1) is 12.1 Å². The molecule has 1 aliphatic carbocycles. The average molecular weight is 447 g/mol. The van der Waals surface area contributed by atoms with Crippen LogP contribution in [0, 0.1) is 0 Å². The van der Waals surface area contributed by atoms with Crippen molar-refractivity contribution in [1.82, 2.24) is 9.80 Å². The molecule has 3 amide bonds. The summed E-state index contributed by atoms with van der Waals surface area (Å²) < 4.78 is 11.8. The molecule has 3 aliphatic rings. The Kier molecular flexibility index (Phi) is 5.29. The van der Waals surface area contributed by atoms with E-state index >= 15 is 0 Å². The van der Waals surface area contributed by atoms with Crippen molar-refractivity contribution in [1.29, 1.82) is 0 Å². The molecule has 170 valence electrons. The highest BCUT2D eigenvalue weighted by Gasteiger charge is 2.58. The van der Waals surface area contributed by atoms with Crippen LogP contribution >= 0.6 is 0 Å². The summed E-state index contributed by atoms with van der Waals surface area (Å²) in [6.45, 7) is 1.87. The minimum absolute atomic E-state index is 0.179. The summed E-state index contributed by atoms with van der Waals surface area (Å²) in [4.78, 5) is 41.7. The Labute approximate surface area is 192 Å². The third-order valence-corrected chi connectivity index (χ3v) is 6.96. The van der Waals surface area contributed by atoms with Crippen LogP contribution in [-0.2, 0) is 19.1 Å².